The van der Waals surface area contributed by atoms with Crippen molar-refractivity contribution in [2.75, 3.05) is 13.2 Å². The van der Waals surface area contributed by atoms with Crippen molar-refractivity contribution in [1.29, 1.82) is 0 Å². The van der Waals surface area contributed by atoms with E-state index in [4.69, 9.17) is 4.74 Å². The molecule has 0 radical (unpaired) electrons. The van der Waals surface area contributed by atoms with Crippen molar-refractivity contribution >= 4 is 11.9 Å². The molecular formula is C10H18O5. The minimum atomic E-state index is -1.43. The van der Waals surface area contributed by atoms with Gasteiger partial charge < -0.3 is 14.6 Å². The summed E-state index contributed by atoms with van der Waals surface area (Å²) in [4.78, 5) is 22.0. The summed E-state index contributed by atoms with van der Waals surface area (Å²) in [6.07, 6.45) is -1.78. The van der Waals surface area contributed by atoms with Gasteiger partial charge in [-0.1, -0.05) is 13.8 Å². The zero-order valence-corrected chi connectivity index (χ0v) is 9.36. The molecular weight excluding hydrogens is 200 g/mol. The van der Waals surface area contributed by atoms with Gasteiger partial charge in [0.05, 0.1) is 19.6 Å². The molecule has 0 aliphatic carbocycles. The molecule has 5 nitrogen and oxygen atoms in total. The Bertz CT molecular complexity index is 212. The molecule has 0 aliphatic rings. The molecule has 0 aromatic rings. The number of carbonyl (C=O) groups is 2. The summed E-state index contributed by atoms with van der Waals surface area (Å²) in [5, 5.41) is 9.21. The quantitative estimate of drug-likeness (QED) is 0.657. The molecule has 1 N–H and O–H groups in total. The topological polar surface area (TPSA) is 72.8 Å². The summed E-state index contributed by atoms with van der Waals surface area (Å²) in [7, 11) is 0. The molecule has 0 amide bonds. The Morgan fingerprint density at radius 3 is 2.33 bits per heavy atom. The van der Waals surface area contributed by atoms with E-state index in [1.807, 2.05) is 13.8 Å². The maximum atomic E-state index is 11.1. The molecule has 15 heavy (non-hydrogen) atoms. The fourth-order valence-corrected chi connectivity index (χ4v) is 0.798. The third-order valence-electron chi connectivity index (χ3n) is 1.50. The van der Waals surface area contributed by atoms with E-state index in [-0.39, 0.29) is 25.6 Å². The lowest BCUT2D eigenvalue weighted by atomic mass is 10.2. The van der Waals surface area contributed by atoms with Crippen molar-refractivity contribution < 1.29 is 24.2 Å². The fourth-order valence-electron chi connectivity index (χ4n) is 0.798. The molecule has 0 aliphatic heterocycles. The van der Waals surface area contributed by atoms with Crippen LogP contribution in [0.2, 0.25) is 0 Å². The third kappa shape index (κ3) is 6.90. The third-order valence-corrected chi connectivity index (χ3v) is 1.50. The molecule has 5 heteroatoms. The first-order valence-electron chi connectivity index (χ1n) is 4.97. The average molecular weight is 218 g/mol. The van der Waals surface area contributed by atoms with Gasteiger partial charge >= 0.3 is 11.9 Å². The second kappa shape index (κ2) is 7.23. The van der Waals surface area contributed by atoms with Crippen LogP contribution >= 0.6 is 0 Å². The summed E-state index contributed by atoms with van der Waals surface area (Å²) >= 11 is 0. The van der Waals surface area contributed by atoms with Crippen molar-refractivity contribution in [2.24, 2.45) is 5.92 Å². The van der Waals surface area contributed by atoms with Crippen LogP contribution in [0.5, 0.6) is 0 Å². The molecule has 0 bridgehead atoms. The molecule has 88 valence electrons. The van der Waals surface area contributed by atoms with E-state index in [9.17, 15) is 14.7 Å². The maximum absolute atomic E-state index is 11.1. The first kappa shape index (κ1) is 13.9. The number of hydrogen-bond donors (Lipinski definition) is 1. The molecule has 0 fully saturated rings. The van der Waals surface area contributed by atoms with Crippen LogP contribution in [-0.4, -0.2) is 36.4 Å². The lowest BCUT2D eigenvalue weighted by molar-refractivity contribution is -0.160. The predicted octanol–water partition coefficient (Wildman–Crippen LogP) is 0.500. The van der Waals surface area contributed by atoms with E-state index in [1.165, 1.54) is 0 Å². The number of carbonyl (C=O) groups excluding carboxylic acids is 2. The lowest BCUT2D eigenvalue weighted by Crippen LogP contribution is -2.27. The number of ether oxygens (including phenoxy) is 2. The molecule has 0 aromatic heterocycles. The predicted molar refractivity (Wildman–Crippen MR) is 53.1 cm³/mol. The Labute approximate surface area is 89.4 Å². The standard InChI is InChI=1S/C10H18O5/c1-4-14-10(13)8(11)5-9(12)15-6-7(2)3/h7-8,11H,4-6H2,1-3H3. The molecule has 0 aromatic carbocycles. The van der Waals surface area contributed by atoms with Crippen LogP contribution < -0.4 is 0 Å². The highest BCUT2D eigenvalue weighted by molar-refractivity contribution is 5.81. The van der Waals surface area contributed by atoms with Gasteiger partial charge in [-0.15, -0.1) is 0 Å². The van der Waals surface area contributed by atoms with Gasteiger partial charge in [0.2, 0.25) is 0 Å². The highest BCUT2D eigenvalue weighted by Gasteiger charge is 2.20. The monoisotopic (exact) mass is 218 g/mol. The van der Waals surface area contributed by atoms with Gasteiger partial charge in [0.1, 0.15) is 0 Å². The van der Waals surface area contributed by atoms with Crippen LogP contribution in [0.4, 0.5) is 0 Å². The van der Waals surface area contributed by atoms with Crippen LogP contribution in [0.3, 0.4) is 0 Å². The van der Waals surface area contributed by atoms with Gasteiger partial charge in [-0.05, 0) is 12.8 Å². The number of hydrogen-bond acceptors (Lipinski definition) is 5. The van der Waals surface area contributed by atoms with Gasteiger partial charge in [-0.3, -0.25) is 4.79 Å². The molecule has 0 saturated carbocycles. The molecule has 0 spiro atoms. The number of aliphatic hydroxyl groups is 1. The highest BCUT2D eigenvalue weighted by atomic mass is 16.6. The normalized spacial score (nSPS) is 12.3. The maximum Gasteiger partial charge on any atom is 0.335 e. The Morgan fingerprint density at radius 1 is 1.27 bits per heavy atom. The van der Waals surface area contributed by atoms with E-state index in [2.05, 4.69) is 4.74 Å². The summed E-state index contributed by atoms with van der Waals surface area (Å²) < 4.78 is 9.33. The molecule has 1 unspecified atom stereocenters. The van der Waals surface area contributed by atoms with E-state index < -0.39 is 18.0 Å². The second-order valence-electron chi connectivity index (χ2n) is 3.55. The van der Waals surface area contributed by atoms with Crippen LogP contribution in [0, 0.1) is 5.92 Å². The summed E-state index contributed by atoms with van der Waals surface area (Å²) in [6.45, 7) is 5.89. The van der Waals surface area contributed by atoms with Crippen molar-refractivity contribution in [3.8, 4) is 0 Å². The van der Waals surface area contributed by atoms with Crippen molar-refractivity contribution in [1.82, 2.24) is 0 Å². The summed E-state index contributed by atoms with van der Waals surface area (Å²) in [6, 6.07) is 0. The summed E-state index contributed by atoms with van der Waals surface area (Å²) in [5.74, 6) is -1.16. The minimum absolute atomic E-state index is 0.178. The lowest BCUT2D eigenvalue weighted by Gasteiger charge is -2.10. The smallest absolute Gasteiger partial charge is 0.335 e. The van der Waals surface area contributed by atoms with E-state index in [0.717, 1.165) is 0 Å². The van der Waals surface area contributed by atoms with Gasteiger partial charge in [-0.25, -0.2) is 4.79 Å². The van der Waals surface area contributed by atoms with Gasteiger partial charge in [0.25, 0.3) is 0 Å². The first-order valence-corrected chi connectivity index (χ1v) is 4.97. The van der Waals surface area contributed by atoms with Crippen molar-refractivity contribution in [3.63, 3.8) is 0 Å². The van der Waals surface area contributed by atoms with Gasteiger partial charge in [-0.2, -0.15) is 0 Å². The van der Waals surface area contributed by atoms with Crippen LogP contribution in [-0.2, 0) is 19.1 Å². The number of aliphatic hydroxyl groups excluding tert-OH is 1. The van der Waals surface area contributed by atoms with Crippen molar-refractivity contribution in [3.05, 3.63) is 0 Å². The number of rotatable bonds is 6. The Hall–Kier alpha value is -1.10. The largest absolute Gasteiger partial charge is 0.465 e. The van der Waals surface area contributed by atoms with Crippen LogP contribution in [0.15, 0.2) is 0 Å². The summed E-state index contributed by atoms with van der Waals surface area (Å²) in [5.41, 5.74) is 0. The molecule has 0 rings (SSSR count). The minimum Gasteiger partial charge on any atom is -0.465 e. The van der Waals surface area contributed by atoms with Crippen LogP contribution in [0.25, 0.3) is 0 Å². The molecule has 0 heterocycles. The molecule has 1 atom stereocenters. The van der Waals surface area contributed by atoms with E-state index >= 15 is 0 Å². The van der Waals surface area contributed by atoms with E-state index in [1.54, 1.807) is 6.92 Å². The Kier molecular flexibility index (Phi) is 6.70. The zero-order valence-electron chi connectivity index (χ0n) is 9.36. The zero-order chi connectivity index (χ0) is 11.8. The first-order chi connectivity index (χ1) is 6.97. The second-order valence-corrected chi connectivity index (χ2v) is 3.55. The highest BCUT2D eigenvalue weighted by Crippen LogP contribution is 2.00. The SMILES string of the molecule is CCOC(=O)C(O)CC(=O)OCC(C)C. The van der Waals surface area contributed by atoms with Gasteiger partial charge in [0.15, 0.2) is 6.10 Å². The van der Waals surface area contributed by atoms with Crippen LogP contribution in [0.1, 0.15) is 27.2 Å². The Balaban J connectivity index is 3.80. The Morgan fingerprint density at radius 2 is 1.87 bits per heavy atom. The van der Waals surface area contributed by atoms with Crippen molar-refractivity contribution in [2.45, 2.75) is 33.3 Å². The van der Waals surface area contributed by atoms with E-state index in [0.29, 0.717) is 0 Å². The number of esters is 2. The van der Waals surface area contributed by atoms with Gasteiger partial charge in [0, 0.05) is 0 Å². The molecule has 0 saturated heterocycles. The average Bonchev–Trinajstić information content (AvgIpc) is 2.15. The fraction of sp³-hybridized carbons (Fsp3) is 0.800.